The summed E-state index contributed by atoms with van der Waals surface area (Å²) in [6.45, 7) is 6.63. The van der Waals surface area contributed by atoms with E-state index in [1.165, 1.54) is 5.56 Å². The van der Waals surface area contributed by atoms with E-state index in [1.807, 2.05) is 52.8 Å². The van der Waals surface area contributed by atoms with Crippen molar-refractivity contribution in [1.82, 2.24) is 4.57 Å². The summed E-state index contributed by atoms with van der Waals surface area (Å²) in [5, 5.41) is 9.14. The number of rotatable bonds is 7. The Morgan fingerprint density at radius 2 is 1.75 bits per heavy atom. The van der Waals surface area contributed by atoms with Gasteiger partial charge >= 0.3 is 5.97 Å². The van der Waals surface area contributed by atoms with Gasteiger partial charge in [-0.3, -0.25) is 0 Å². The van der Waals surface area contributed by atoms with E-state index in [4.69, 9.17) is 9.84 Å². The number of hydrogen-bond acceptors (Lipinski definition) is 2. The van der Waals surface area contributed by atoms with Gasteiger partial charge in [0.25, 0.3) is 0 Å². The first-order valence-corrected chi connectivity index (χ1v) is 10.3. The number of hydrogen-bond donors (Lipinski definition) is 1. The third kappa shape index (κ3) is 4.62. The van der Waals surface area contributed by atoms with Crippen LogP contribution in [0.25, 0.3) is 16.8 Å². The summed E-state index contributed by atoms with van der Waals surface area (Å²) in [7, 11) is 1.90. The number of carboxylic acid groups (broad SMARTS) is 1. The monoisotopic (exact) mass is 425 g/mol. The van der Waals surface area contributed by atoms with Gasteiger partial charge in [0.05, 0.1) is 17.3 Å². The number of aromatic nitrogens is 1. The van der Waals surface area contributed by atoms with Crippen LogP contribution < -0.4 is 4.74 Å². The average molecular weight is 426 g/mol. The van der Waals surface area contributed by atoms with Gasteiger partial charge in [-0.15, -0.1) is 0 Å². The van der Waals surface area contributed by atoms with Crippen LogP contribution in [-0.2, 0) is 6.61 Å². The van der Waals surface area contributed by atoms with Crippen LogP contribution in [0.2, 0.25) is 0 Å². The fourth-order valence-corrected chi connectivity index (χ4v) is 3.50. The second-order valence-electron chi connectivity index (χ2n) is 7.82. The van der Waals surface area contributed by atoms with Gasteiger partial charge in [-0.1, -0.05) is 42.0 Å². The van der Waals surface area contributed by atoms with Crippen molar-refractivity contribution >= 4 is 18.4 Å². The Bertz CT molecular complexity index is 1270. The van der Waals surface area contributed by atoms with Crippen molar-refractivity contribution in [2.24, 2.45) is 0 Å². The second kappa shape index (κ2) is 8.94. The number of carbonyl (C=O) groups is 1. The standard InChI is InChI=1S/C27H24N2O3/c1-19-7-9-20(10-8-19)18-32-24-6-4-5-22(15-24)25-16-29(17-26(25)28(2)3)23-13-11-21(12-14-23)27(30)31/h4-17H,2,18H2,1,3H3/p+1. The summed E-state index contributed by atoms with van der Waals surface area (Å²) in [5.41, 5.74) is 6.44. The zero-order chi connectivity index (χ0) is 22.7. The van der Waals surface area contributed by atoms with Crippen LogP contribution in [0.3, 0.4) is 0 Å². The number of carboxylic acids is 1. The highest BCUT2D eigenvalue weighted by molar-refractivity contribution is 5.87. The summed E-state index contributed by atoms with van der Waals surface area (Å²) in [6.07, 6.45) is 4.00. The van der Waals surface area contributed by atoms with E-state index in [0.717, 1.165) is 33.8 Å². The molecule has 0 unspecified atom stereocenters. The van der Waals surface area contributed by atoms with E-state index in [0.29, 0.717) is 6.61 Å². The lowest BCUT2D eigenvalue weighted by molar-refractivity contribution is -0.393. The van der Waals surface area contributed by atoms with Crippen molar-refractivity contribution in [2.75, 3.05) is 7.05 Å². The number of nitrogens with zero attached hydrogens (tertiary/aromatic N) is 2. The van der Waals surface area contributed by atoms with Crippen LogP contribution >= 0.6 is 0 Å². The molecule has 4 aromatic rings. The van der Waals surface area contributed by atoms with E-state index in [9.17, 15) is 4.79 Å². The molecule has 0 fully saturated rings. The molecule has 5 nitrogen and oxygen atoms in total. The molecule has 0 saturated heterocycles. The Morgan fingerprint density at radius 3 is 2.41 bits per heavy atom. The predicted molar refractivity (Wildman–Crippen MR) is 127 cm³/mol. The summed E-state index contributed by atoms with van der Waals surface area (Å²) in [4.78, 5) is 11.1. The lowest BCUT2D eigenvalue weighted by atomic mass is 10.1. The molecule has 1 heterocycles. The molecule has 0 aliphatic carbocycles. The van der Waals surface area contributed by atoms with Crippen LogP contribution in [0.5, 0.6) is 5.75 Å². The van der Waals surface area contributed by atoms with Crippen molar-refractivity contribution in [2.45, 2.75) is 13.5 Å². The van der Waals surface area contributed by atoms with Crippen LogP contribution in [0.1, 0.15) is 21.5 Å². The number of benzene rings is 3. The molecule has 32 heavy (non-hydrogen) atoms. The Labute approximate surface area is 187 Å². The van der Waals surface area contributed by atoms with E-state index in [2.05, 4.69) is 37.9 Å². The largest absolute Gasteiger partial charge is 0.489 e. The van der Waals surface area contributed by atoms with E-state index >= 15 is 0 Å². The molecule has 0 radical (unpaired) electrons. The van der Waals surface area contributed by atoms with Gasteiger partial charge in [-0.05, 0) is 54.4 Å². The molecule has 0 aliphatic rings. The molecule has 5 heteroatoms. The minimum atomic E-state index is -0.939. The Hall–Kier alpha value is -4.12. The molecule has 160 valence electrons. The molecule has 3 aromatic carbocycles. The number of ether oxygens (including phenoxy) is 1. The summed E-state index contributed by atoms with van der Waals surface area (Å²) in [5.74, 6) is -0.148. The smallest absolute Gasteiger partial charge is 0.335 e. The third-order valence-electron chi connectivity index (χ3n) is 5.30. The van der Waals surface area contributed by atoms with Gasteiger partial charge in [-0.2, -0.15) is 0 Å². The van der Waals surface area contributed by atoms with Gasteiger partial charge in [0.15, 0.2) is 0 Å². The molecule has 0 aliphatic heterocycles. The van der Waals surface area contributed by atoms with Crippen LogP contribution in [0, 0.1) is 6.92 Å². The van der Waals surface area contributed by atoms with Crippen LogP contribution in [-0.4, -0.2) is 34.0 Å². The molecule has 1 aromatic heterocycles. The van der Waals surface area contributed by atoms with Gasteiger partial charge in [-0.25, -0.2) is 9.37 Å². The first kappa shape index (κ1) is 21.1. The fraction of sp³-hybridized carbons (Fsp3) is 0.111. The predicted octanol–water partition coefficient (Wildman–Crippen LogP) is 5.70. The second-order valence-corrected chi connectivity index (χ2v) is 7.82. The van der Waals surface area contributed by atoms with Gasteiger partial charge < -0.3 is 14.4 Å². The Morgan fingerprint density at radius 1 is 1.03 bits per heavy atom. The Balaban J connectivity index is 1.62. The van der Waals surface area contributed by atoms with Crippen molar-refractivity contribution < 1.29 is 19.2 Å². The highest BCUT2D eigenvalue weighted by Crippen LogP contribution is 2.34. The zero-order valence-corrected chi connectivity index (χ0v) is 18.2. The number of aromatic carboxylic acids is 1. The molecule has 0 amide bonds. The van der Waals surface area contributed by atoms with Crippen molar-refractivity contribution in [3.63, 3.8) is 0 Å². The summed E-state index contributed by atoms with van der Waals surface area (Å²) < 4.78 is 9.82. The summed E-state index contributed by atoms with van der Waals surface area (Å²) in [6, 6.07) is 23.1. The Kier molecular flexibility index (Phi) is 5.90. The molecule has 0 bridgehead atoms. The maximum absolute atomic E-state index is 11.1. The van der Waals surface area contributed by atoms with Crippen LogP contribution in [0.4, 0.5) is 5.69 Å². The van der Waals surface area contributed by atoms with Crippen molar-refractivity contribution in [3.05, 3.63) is 102 Å². The first-order chi connectivity index (χ1) is 15.4. The molecule has 4 rings (SSSR count). The van der Waals surface area contributed by atoms with Crippen LogP contribution in [0.15, 0.2) is 85.2 Å². The molecule has 1 N–H and O–H groups in total. The lowest BCUT2D eigenvalue weighted by Gasteiger charge is -2.08. The molecular formula is C27H25N2O3+. The van der Waals surface area contributed by atoms with Gasteiger partial charge in [0.2, 0.25) is 5.69 Å². The minimum Gasteiger partial charge on any atom is -0.489 e. The van der Waals surface area contributed by atoms with Gasteiger partial charge in [0, 0.05) is 11.9 Å². The summed E-state index contributed by atoms with van der Waals surface area (Å²) >= 11 is 0. The third-order valence-corrected chi connectivity index (χ3v) is 5.30. The fourth-order valence-electron chi connectivity index (χ4n) is 3.50. The van der Waals surface area contributed by atoms with Crippen molar-refractivity contribution in [3.8, 4) is 22.6 Å². The normalized spacial score (nSPS) is 10.7. The molecule has 0 saturated carbocycles. The maximum atomic E-state index is 11.1. The number of aryl methyl sites for hydroxylation is 1. The first-order valence-electron chi connectivity index (χ1n) is 10.3. The zero-order valence-electron chi connectivity index (χ0n) is 18.2. The highest BCUT2D eigenvalue weighted by Gasteiger charge is 2.17. The maximum Gasteiger partial charge on any atom is 0.335 e. The molecular weight excluding hydrogens is 400 g/mol. The molecule has 0 atom stereocenters. The lowest BCUT2D eigenvalue weighted by Crippen LogP contribution is -1.97. The van der Waals surface area contributed by atoms with E-state index < -0.39 is 5.97 Å². The highest BCUT2D eigenvalue weighted by atomic mass is 16.5. The van der Waals surface area contributed by atoms with Gasteiger partial charge in [0.1, 0.15) is 26.1 Å². The van der Waals surface area contributed by atoms with E-state index in [1.54, 1.807) is 24.3 Å². The SMILES string of the molecule is C=[N+](C)c1cn(-c2ccc(C(=O)O)cc2)cc1-c1cccc(OCc2ccc(C)cc2)c1. The quantitative estimate of drug-likeness (QED) is 0.305. The molecule has 0 spiro atoms. The average Bonchev–Trinajstić information content (AvgIpc) is 3.25. The topological polar surface area (TPSA) is 54.5 Å². The van der Waals surface area contributed by atoms with E-state index in [-0.39, 0.29) is 5.56 Å². The van der Waals surface area contributed by atoms with Crippen molar-refractivity contribution in [1.29, 1.82) is 0 Å². The minimum absolute atomic E-state index is 0.258.